The van der Waals surface area contributed by atoms with Crippen LogP contribution in [0, 0.1) is 0 Å². The van der Waals surface area contributed by atoms with Gasteiger partial charge in [0, 0.05) is 12.2 Å². The molecule has 1 aliphatic heterocycles. The van der Waals surface area contributed by atoms with E-state index in [1.807, 2.05) is 23.1 Å². The van der Waals surface area contributed by atoms with Crippen LogP contribution in [0.4, 0.5) is 11.5 Å². The van der Waals surface area contributed by atoms with Gasteiger partial charge < -0.3 is 20.1 Å². The summed E-state index contributed by atoms with van der Waals surface area (Å²) in [5, 5.41) is 13.9. The predicted octanol–water partition coefficient (Wildman–Crippen LogP) is 4.44. The molecule has 0 aliphatic carbocycles. The van der Waals surface area contributed by atoms with E-state index < -0.39 is 0 Å². The van der Waals surface area contributed by atoms with Crippen LogP contribution < -0.4 is 10.1 Å². The molecule has 2 aromatic carbocycles. The first-order valence-corrected chi connectivity index (χ1v) is 12.0. The third-order valence-corrected chi connectivity index (χ3v) is 6.52. The summed E-state index contributed by atoms with van der Waals surface area (Å²) in [4.78, 5) is 25.8. The molecule has 34 heavy (non-hydrogen) atoms. The molecular weight excluding hydrogens is 454 g/mol. The Kier molecular flexibility index (Phi) is 7.70. The number of hydrogen-bond acceptors (Lipinski definition) is 7. The average Bonchev–Trinajstić information content (AvgIpc) is 3.32. The maximum Gasteiger partial charge on any atom is 0.237 e. The molecule has 0 unspecified atom stereocenters. The van der Waals surface area contributed by atoms with Gasteiger partial charge in [-0.3, -0.25) is 9.69 Å². The van der Waals surface area contributed by atoms with Crippen molar-refractivity contribution in [1.82, 2.24) is 19.8 Å². The number of benzene rings is 2. The average molecular weight is 484 g/mol. The highest BCUT2D eigenvalue weighted by Gasteiger charge is 2.30. The third kappa shape index (κ3) is 5.34. The summed E-state index contributed by atoms with van der Waals surface area (Å²) in [5.74, 6) is 1.39. The monoisotopic (exact) mass is 483 g/mol. The van der Waals surface area contributed by atoms with E-state index in [0.717, 1.165) is 43.4 Å². The molecule has 8 nitrogen and oxygen atoms in total. The Morgan fingerprint density at radius 2 is 2.09 bits per heavy atom. The molecule has 180 valence electrons. The number of carbonyl (C=O) groups excluding carboxylic acids is 1. The number of rotatable bonds is 9. The Morgan fingerprint density at radius 1 is 1.26 bits per heavy atom. The number of likely N-dealkylation sites (tertiary alicyclic amines) is 1. The van der Waals surface area contributed by atoms with Crippen LogP contribution in [0.1, 0.15) is 26.7 Å². The quantitative estimate of drug-likeness (QED) is 0.434. The molecule has 1 fully saturated rings. The number of phenolic OH excluding ortho intramolecular Hbond substituents is 1. The van der Waals surface area contributed by atoms with Gasteiger partial charge in [0.25, 0.3) is 0 Å². The van der Waals surface area contributed by atoms with E-state index in [4.69, 9.17) is 16.3 Å². The molecule has 1 aromatic heterocycles. The molecule has 2 heterocycles. The van der Waals surface area contributed by atoms with Crippen LogP contribution in [0.15, 0.2) is 42.7 Å². The van der Waals surface area contributed by atoms with Crippen molar-refractivity contribution >= 4 is 39.9 Å². The fraction of sp³-hybridized carbons (Fsp3) is 0.400. The molecule has 1 atom stereocenters. The Labute approximate surface area is 204 Å². The minimum atomic E-state index is 0.0143. The zero-order valence-electron chi connectivity index (χ0n) is 19.5. The van der Waals surface area contributed by atoms with Crippen molar-refractivity contribution in [3.63, 3.8) is 0 Å². The lowest BCUT2D eigenvalue weighted by Crippen LogP contribution is -2.44. The normalized spacial score (nSPS) is 15.8. The second-order valence-corrected chi connectivity index (χ2v) is 8.73. The molecule has 0 saturated carbocycles. The van der Waals surface area contributed by atoms with Crippen LogP contribution in [-0.4, -0.2) is 69.6 Å². The largest absolute Gasteiger partial charge is 0.506 e. The van der Waals surface area contributed by atoms with Crippen LogP contribution in [0.3, 0.4) is 0 Å². The summed E-state index contributed by atoms with van der Waals surface area (Å²) in [6, 6.07) is 10.6. The van der Waals surface area contributed by atoms with Gasteiger partial charge in [0.1, 0.15) is 30.3 Å². The Morgan fingerprint density at radius 3 is 2.85 bits per heavy atom. The number of likely N-dealkylation sites (N-methyl/N-ethyl adjacent to an activating group) is 1. The number of anilines is 2. The van der Waals surface area contributed by atoms with E-state index in [0.29, 0.717) is 30.4 Å². The topological polar surface area (TPSA) is 90.8 Å². The van der Waals surface area contributed by atoms with Gasteiger partial charge in [0.05, 0.1) is 28.5 Å². The van der Waals surface area contributed by atoms with Gasteiger partial charge in [-0.2, -0.15) is 0 Å². The molecule has 1 saturated heterocycles. The summed E-state index contributed by atoms with van der Waals surface area (Å²) in [5.41, 5.74) is 1.42. The first-order chi connectivity index (χ1) is 16.5. The van der Waals surface area contributed by atoms with Crippen LogP contribution in [0.5, 0.6) is 11.5 Å². The van der Waals surface area contributed by atoms with Gasteiger partial charge in [-0.15, -0.1) is 0 Å². The number of aromatic hydroxyl groups is 1. The van der Waals surface area contributed by atoms with Crippen molar-refractivity contribution in [3.8, 4) is 11.5 Å². The third-order valence-electron chi connectivity index (χ3n) is 6.22. The Hall–Kier alpha value is -3.10. The maximum atomic E-state index is 12.9. The van der Waals surface area contributed by atoms with Crippen LogP contribution >= 0.6 is 11.6 Å². The number of nitrogens with zero attached hydrogens (tertiary/aromatic N) is 4. The second kappa shape index (κ2) is 10.9. The van der Waals surface area contributed by atoms with Gasteiger partial charge in [-0.25, -0.2) is 9.97 Å². The number of aromatic nitrogens is 2. The van der Waals surface area contributed by atoms with Crippen LogP contribution in [0.2, 0.25) is 5.02 Å². The molecule has 3 aromatic rings. The fourth-order valence-electron chi connectivity index (χ4n) is 4.27. The summed E-state index contributed by atoms with van der Waals surface area (Å²) in [6.45, 7) is 7.46. The highest BCUT2D eigenvalue weighted by atomic mass is 35.5. The lowest BCUT2D eigenvalue weighted by atomic mass is 10.2. The number of ether oxygens (including phenoxy) is 1. The minimum absolute atomic E-state index is 0.0143. The lowest BCUT2D eigenvalue weighted by molar-refractivity contribution is -0.133. The van der Waals surface area contributed by atoms with Crippen molar-refractivity contribution < 1.29 is 14.6 Å². The predicted molar refractivity (Wildman–Crippen MR) is 134 cm³/mol. The number of halogens is 1. The first kappa shape index (κ1) is 24.0. The van der Waals surface area contributed by atoms with E-state index in [1.165, 1.54) is 12.4 Å². The number of amides is 1. The highest BCUT2D eigenvalue weighted by molar-refractivity contribution is 6.32. The summed E-state index contributed by atoms with van der Waals surface area (Å²) in [6.07, 6.45) is 3.38. The molecule has 0 bridgehead atoms. The second-order valence-electron chi connectivity index (χ2n) is 8.32. The number of phenols is 1. The van der Waals surface area contributed by atoms with E-state index in [-0.39, 0.29) is 22.7 Å². The molecule has 9 heteroatoms. The summed E-state index contributed by atoms with van der Waals surface area (Å²) in [7, 11) is 0. The highest BCUT2D eigenvalue weighted by Crippen LogP contribution is 2.34. The van der Waals surface area contributed by atoms with Crippen molar-refractivity contribution in [3.05, 3.63) is 47.7 Å². The van der Waals surface area contributed by atoms with Crippen LogP contribution in [0.25, 0.3) is 10.9 Å². The van der Waals surface area contributed by atoms with E-state index in [9.17, 15) is 9.90 Å². The van der Waals surface area contributed by atoms with Crippen molar-refractivity contribution in [1.29, 1.82) is 0 Å². The minimum Gasteiger partial charge on any atom is -0.506 e. The Balaban J connectivity index is 1.53. The molecule has 0 spiro atoms. The summed E-state index contributed by atoms with van der Waals surface area (Å²) >= 11 is 6.06. The zero-order chi connectivity index (χ0) is 24.1. The number of carbonyl (C=O) groups is 1. The number of nitrogens with one attached hydrogen (secondary N) is 1. The van der Waals surface area contributed by atoms with Crippen LogP contribution in [-0.2, 0) is 4.79 Å². The Bertz CT molecular complexity index is 1150. The maximum absolute atomic E-state index is 12.9. The van der Waals surface area contributed by atoms with Gasteiger partial charge in [-0.05, 0) is 56.3 Å². The summed E-state index contributed by atoms with van der Waals surface area (Å²) < 4.78 is 6.27. The molecule has 0 radical (unpaired) electrons. The number of fused-ring (bicyclic) bond motifs is 1. The van der Waals surface area contributed by atoms with Crippen molar-refractivity contribution in [2.75, 3.05) is 38.1 Å². The van der Waals surface area contributed by atoms with Gasteiger partial charge in [0.15, 0.2) is 0 Å². The first-order valence-electron chi connectivity index (χ1n) is 11.6. The number of hydrogen-bond donors (Lipinski definition) is 2. The van der Waals surface area contributed by atoms with E-state index in [2.05, 4.69) is 34.0 Å². The molecular formula is C25H30ClN5O3. The fourth-order valence-corrected chi connectivity index (χ4v) is 4.45. The van der Waals surface area contributed by atoms with Gasteiger partial charge in [0.2, 0.25) is 5.91 Å². The molecule has 2 N–H and O–H groups in total. The standard InChI is InChI=1S/C25H30ClN5O3/c1-3-30(4-2)14-23(33)31-12-6-7-18(31)15-34-22-9-5-8-20-24(22)25(28-16-27-20)29-17-10-11-21(32)19(26)13-17/h5,8-11,13,16,18,32H,3-4,6-7,12,14-15H2,1-2H3,(H,27,28,29)/t18-/m1/s1. The SMILES string of the molecule is CCN(CC)CC(=O)N1CCC[C@@H]1COc1cccc2ncnc(Nc3ccc(O)c(Cl)c3)c12. The van der Waals surface area contributed by atoms with E-state index in [1.54, 1.807) is 12.1 Å². The molecule has 1 amide bonds. The van der Waals surface area contributed by atoms with Crippen molar-refractivity contribution in [2.24, 2.45) is 0 Å². The van der Waals surface area contributed by atoms with Crippen molar-refractivity contribution in [2.45, 2.75) is 32.7 Å². The molecule has 4 rings (SSSR count). The zero-order valence-corrected chi connectivity index (χ0v) is 20.3. The molecule has 1 aliphatic rings. The van der Waals surface area contributed by atoms with Gasteiger partial charge >= 0.3 is 0 Å². The lowest BCUT2D eigenvalue weighted by Gasteiger charge is -2.28. The smallest absolute Gasteiger partial charge is 0.237 e. The van der Waals surface area contributed by atoms with E-state index >= 15 is 0 Å². The van der Waals surface area contributed by atoms with Gasteiger partial charge in [-0.1, -0.05) is 31.5 Å².